The van der Waals surface area contributed by atoms with Crippen LogP contribution >= 0.6 is 0 Å². The van der Waals surface area contributed by atoms with Crippen LogP contribution in [0.4, 0.5) is 5.69 Å². The second kappa shape index (κ2) is 5.95. The van der Waals surface area contributed by atoms with Gasteiger partial charge in [0.1, 0.15) is 5.82 Å². The summed E-state index contributed by atoms with van der Waals surface area (Å²) in [6.45, 7) is 7.64. The molecular formula is C17H21N5O. The highest BCUT2D eigenvalue weighted by Gasteiger charge is 2.27. The lowest BCUT2D eigenvalue weighted by molar-refractivity contribution is -0.129. The van der Waals surface area contributed by atoms with Crippen molar-refractivity contribution in [2.45, 2.75) is 39.3 Å². The fraction of sp³-hybridized carbons (Fsp3) is 0.412. The van der Waals surface area contributed by atoms with Crippen molar-refractivity contribution < 1.29 is 4.79 Å². The van der Waals surface area contributed by atoms with Gasteiger partial charge in [0, 0.05) is 36.1 Å². The van der Waals surface area contributed by atoms with E-state index in [1.54, 1.807) is 17.3 Å². The normalized spacial score (nSPS) is 13.8. The summed E-state index contributed by atoms with van der Waals surface area (Å²) in [4.78, 5) is 27.3. The van der Waals surface area contributed by atoms with E-state index in [1.165, 1.54) is 0 Å². The predicted molar refractivity (Wildman–Crippen MR) is 87.7 cm³/mol. The summed E-state index contributed by atoms with van der Waals surface area (Å²) < 4.78 is 0. The highest BCUT2D eigenvalue weighted by atomic mass is 16.2. The quantitative estimate of drug-likeness (QED) is 0.940. The minimum Gasteiger partial charge on any atom is -0.375 e. The van der Waals surface area contributed by atoms with Gasteiger partial charge in [-0.3, -0.25) is 9.78 Å². The highest BCUT2D eigenvalue weighted by Crippen LogP contribution is 2.24. The standard InChI is InChI=1S/C17H21N5O/c1-17(2,3)16-20-7-12-10-22(11-14(12)21-16)15(23)9-19-13-5-4-6-18-8-13/h4-8,19H,9-11H2,1-3H3. The third-order valence-electron chi connectivity index (χ3n) is 3.78. The topological polar surface area (TPSA) is 71.0 Å². The van der Waals surface area contributed by atoms with E-state index >= 15 is 0 Å². The summed E-state index contributed by atoms with van der Waals surface area (Å²) in [5.74, 6) is 0.864. The largest absolute Gasteiger partial charge is 0.375 e. The van der Waals surface area contributed by atoms with Gasteiger partial charge in [0.15, 0.2) is 0 Å². The summed E-state index contributed by atoms with van der Waals surface area (Å²) in [6, 6.07) is 3.72. The van der Waals surface area contributed by atoms with Gasteiger partial charge in [0.2, 0.25) is 5.91 Å². The highest BCUT2D eigenvalue weighted by molar-refractivity contribution is 5.81. The number of hydrogen-bond acceptors (Lipinski definition) is 5. The number of amides is 1. The monoisotopic (exact) mass is 311 g/mol. The zero-order valence-electron chi connectivity index (χ0n) is 13.7. The smallest absolute Gasteiger partial charge is 0.242 e. The molecule has 23 heavy (non-hydrogen) atoms. The van der Waals surface area contributed by atoms with Gasteiger partial charge < -0.3 is 10.2 Å². The van der Waals surface area contributed by atoms with Crippen LogP contribution in [0.1, 0.15) is 37.9 Å². The van der Waals surface area contributed by atoms with Gasteiger partial charge in [-0.25, -0.2) is 9.97 Å². The van der Waals surface area contributed by atoms with Crippen molar-refractivity contribution in [3.8, 4) is 0 Å². The van der Waals surface area contributed by atoms with Gasteiger partial charge in [0.25, 0.3) is 0 Å². The van der Waals surface area contributed by atoms with Crippen molar-refractivity contribution in [3.05, 3.63) is 47.8 Å². The van der Waals surface area contributed by atoms with E-state index in [4.69, 9.17) is 0 Å². The van der Waals surface area contributed by atoms with Crippen molar-refractivity contribution in [2.24, 2.45) is 0 Å². The molecule has 0 fully saturated rings. The van der Waals surface area contributed by atoms with E-state index in [0.717, 1.165) is 22.8 Å². The molecule has 0 bridgehead atoms. The number of hydrogen-bond donors (Lipinski definition) is 1. The van der Waals surface area contributed by atoms with E-state index in [1.807, 2.05) is 18.3 Å². The summed E-state index contributed by atoms with van der Waals surface area (Å²) in [5.41, 5.74) is 2.74. The lowest BCUT2D eigenvalue weighted by Crippen LogP contribution is -2.31. The molecule has 6 heteroatoms. The molecule has 0 saturated heterocycles. The molecule has 3 heterocycles. The average Bonchev–Trinajstić information content (AvgIpc) is 2.96. The molecule has 120 valence electrons. The maximum absolute atomic E-state index is 12.4. The van der Waals surface area contributed by atoms with Crippen molar-refractivity contribution in [1.82, 2.24) is 19.9 Å². The van der Waals surface area contributed by atoms with Crippen LogP contribution in [0.5, 0.6) is 0 Å². The number of rotatable bonds is 3. The summed E-state index contributed by atoms with van der Waals surface area (Å²) in [7, 11) is 0. The zero-order chi connectivity index (χ0) is 16.4. The first-order chi connectivity index (χ1) is 10.9. The van der Waals surface area contributed by atoms with Crippen molar-refractivity contribution >= 4 is 11.6 Å². The Labute approximate surface area is 136 Å². The van der Waals surface area contributed by atoms with Gasteiger partial charge in [-0.05, 0) is 12.1 Å². The van der Waals surface area contributed by atoms with Gasteiger partial charge in [0.05, 0.1) is 24.5 Å². The van der Waals surface area contributed by atoms with Gasteiger partial charge in [-0.2, -0.15) is 0 Å². The number of carbonyl (C=O) groups excluding carboxylic acids is 1. The van der Waals surface area contributed by atoms with E-state index in [-0.39, 0.29) is 17.9 Å². The van der Waals surface area contributed by atoms with Crippen LogP contribution in [0.15, 0.2) is 30.7 Å². The Morgan fingerprint density at radius 2 is 2.13 bits per heavy atom. The van der Waals surface area contributed by atoms with Crippen molar-refractivity contribution in [2.75, 3.05) is 11.9 Å². The maximum atomic E-state index is 12.4. The zero-order valence-corrected chi connectivity index (χ0v) is 13.7. The van der Waals surface area contributed by atoms with Gasteiger partial charge >= 0.3 is 0 Å². The van der Waals surface area contributed by atoms with E-state index in [2.05, 4.69) is 41.0 Å². The molecule has 0 radical (unpaired) electrons. The first kappa shape index (κ1) is 15.4. The lowest BCUT2D eigenvalue weighted by atomic mass is 9.95. The Hall–Kier alpha value is -2.50. The molecule has 0 atom stereocenters. The van der Waals surface area contributed by atoms with Crippen LogP contribution in [0.25, 0.3) is 0 Å². The molecule has 0 saturated carbocycles. The SMILES string of the molecule is CC(C)(C)c1ncc2c(n1)CN(C(=O)CNc1cccnc1)C2. The third-order valence-corrected chi connectivity index (χ3v) is 3.78. The summed E-state index contributed by atoms with van der Waals surface area (Å²) >= 11 is 0. The van der Waals surface area contributed by atoms with Crippen LogP contribution in [-0.4, -0.2) is 32.3 Å². The summed E-state index contributed by atoms with van der Waals surface area (Å²) in [6.07, 6.45) is 5.26. The number of aromatic nitrogens is 3. The molecule has 3 rings (SSSR count). The minimum absolute atomic E-state index is 0.0455. The predicted octanol–water partition coefficient (Wildman–Crippen LogP) is 2.12. The van der Waals surface area contributed by atoms with Crippen molar-refractivity contribution in [1.29, 1.82) is 0 Å². The fourth-order valence-electron chi connectivity index (χ4n) is 2.45. The molecule has 0 aliphatic carbocycles. The Kier molecular flexibility index (Phi) is 3.98. The number of pyridine rings is 1. The Bertz CT molecular complexity index is 709. The Balaban J connectivity index is 1.64. The van der Waals surface area contributed by atoms with Crippen LogP contribution in [0.3, 0.4) is 0 Å². The number of fused-ring (bicyclic) bond motifs is 1. The number of nitrogens with zero attached hydrogens (tertiary/aromatic N) is 4. The molecule has 1 aliphatic rings. The van der Waals surface area contributed by atoms with Crippen LogP contribution in [-0.2, 0) is 23.3 Å². The lowest BCUT2D eigenvalue weighted by Gasteiger charge is -2.16. The molecule has 6 nitrogen and oxygen atoms in total. The first-order valence-electron chi connectivity index (χ1n) is 7.70. The molecule has 2 aromatic heterocycles. The van der Waals surface area contributed by atoms with E-state index in [9.17, 15) is 4.79 Å². The number of nitrogens with one attached hydrogen (secondary N) is 1. The van der Waals surface area contributed by atoms with Gasteiger partial charge in [-0.1, -0.05) is 20.8 Å². The maximum Gasteiger partial charge on any atom is 0.242 e. The van der Waals surface area contributed by atoms with E-state index in [0.29, 0.717) is 13.1 Å². The second-order valence-electron chi connectivity index (χ2n) is 6.76. The molecule has 0 spiro atoms. The minimum atomic E-state index is -0.0890. The molecule has 0 aromatic carbocycles. The molecule has 0 unspecified atom stereocenters. The van der Waals surface area contributed by atoms with Crippen LogP contribution < -0.4 is 5.32 Å². The van der Waals surface area contributed by atoms with Crippen LogP contribution in [0, 0.1) is 0 Å². The van der Waals surface area contributed by atoms with Crippen molar-refractivity contribution in [3.63, 3.8) is 0 Å². The van der Waals surface area contributed by atoms with Crippen LogP contribution in [0.2, 0.25) is 0 Å². The molecule has 1 amide bonds. The molecule has 1 aliphatic heterocycles. The summed E-state index contributed by atoms with van der Waals surface area (Å²) in [5, 5.41) is 3.09. The Morgan fingerprint density at radius 1 is 1.30 bits per heavy atom. The molecular weight excluding hydrogens is 290 g/mol. The average molecular weight is 311 g/mol. The van der Waals surface area contributed by atoms with Gasteiger partial charge in [-0.15, -0.1) is 0 Å². The number of carbonyl (C=O) groups is 1. The first-order valence-corrected chi connectivity index (χ1v) is 7.70. The number of anilines is 1. The molecule has 1 N–H and O–H groups in total. The second-order valence-corrected chi connectivity index (χ2v) is 6.76. The van der Waals surface area contributed by atoms with E-state index < -0.39 is 0 Å². The molecule has 2 aromatic rings. The fourth-order valence-corrected chi connectivity index (χ4v) is 2.45. The third kappa shape index (κ3) is 3.47. The Morgan fingerprint density at radius 3 is 2.83 bits per heavy atom.